The molecule has 1 aromatic heterocycles. The molecule has 0 aliphatic carbocycles. The van der Waals surface area contributed by atoms with Crippen LogP contribution in [0.2, 0.25) is 0 Å². The normalized spacial score (nSPS) is 12.1. The first-order valence-corrected chi connectivity index (χ1v) is 5.43. The molecular formula is C12H14N4O. The van der Waals surface area contributed by atoms with E-state index in [1.54, 1.807) is 6.92 Å². The van der Waals surface area contributed by atoms with E-state index in [1.165, 1.54) is 17.3 Å². The molecule has 1 amide bonds. The fourth-order valence-corrected chi connectivity index (χ4v) is 1.47. The third kappa shape index (κ3) is 2.90. The van der Waals surface area contributed by atoms with Crippen LogP contribution in [0.1, 0.15) is 18.5 Å². The van der Waals surface area contributed by atoms with Gasteiger partial charge in [0.1, 0.15) is 18.7 Å². The number of nitrogens with zero attached hydrogens (tertiary/aromatic N) is 3. The first-order valence-electron chi connectivity index (χ1n) is 5.43. The van der Waals surface area contributed by atoms with Gasteiger partial charge < -0.3 is 5.32 Å². The van der Waals surface area contributed by atoms with Gasteiger partial charge in [-0.3, -0.25) is 4.79 Å². The van der Waals surface area contributed by atoms with Crippen molar-refractivity contribution in [3.63, 3.8) is 0 Å². The van der Waals surface area contributed by atoms with Crippen LogP contribution in [0.5, 0.6) is 0 Å². The summed E-state index contributed by atoms with van der Waals surface area (Å²) < 4.78 is 1.53. The van der Waals surface area contributed by atoms with Crippen LogP contribution >= 0.6 is 0 Å². The molecule has 5 nitrogen and oxygen atoms in total. The van der Waals surface area contributed by atoms with Crippen molar-refractivity contribution in [2.45, 2.75) is 19.5 Å². The number of nitrogens with one attached hydrogen (secondary N) is 1. The third-order valence-corrected chi connectivity index (χ3v) is 2.52. The third-order valence-electron chi connectivity index (χ3n) is 2.52. The summed E-state index contributed by atoms with van der Waals surface area (Å²) in [6, 6.07) is 9.44. The quantitative estimate of drug-likeness (QED) is 0.857. The zero-order valence-electron chi connectivity index (χ0n) is 9.58. The molecule has 0 bridgehead atoms. The molecule has 88 valence electrons. The average molecular weight is 230 g/mol. The zero-order chi connectivity index (χ0) is 12.1. The molecule has 1 N–H and O–H groups in total. The minimum atomic E-state index is -0.346. The van der Waals surface area contributed by atoms with Gasteiger partial charge in [-0.1, -0.05) is 30.3 Å². The lowest BCUT2D eigenvalue weighted by atomic mass is 10.2. The lowest BCUT2D eigenvalue weighted by Gasteiger charge is -2.11. The fourth-order valence-electron chi connectivity index (χ4n) is 1.47. The highest BCUT2D eigenvalue weighted by molar-refractivity contribution is 5.79. The maximum Gasteiger partial charge on any atom is 0.244 e. The Balaban J connectivity index is 1.90. The number of aromatic nitrogens is 3. The van der Waals surface area contributed by atoms with Crippen LogP contribution in [-0.2, 0) is 11.3 Å². The molecule has 0 radical (unpaired) electrons. The molecule has 1 unspecified atom stereocenters. The fraction of sp³-hybridized carbons (Fsp3) is 0.250. The van der Waals surface area contributed by atoms with Crippen LogP contribution in [0, 0.1) is 0 Å². The first kappa shape index (κ1) is 11.3. The van der Waals surface area contributed by atoms with Crippen LogP contribution in [-0.4, -0.2) is 20.7 Å². The number of benzene rings is 1. The summed E-state index contributed by atoms with van der Waals surface area (Å²) in [5, 5.41) is 6.80. The van der Waals surface area contributed by atoms with Gasteiger partial charge in [-0.05, 0) is 12.5 Å². The molecule has 0 spiro atoms. The molecule has 0 fully saturated rings. The molecule has 0 aliphatic heterocycles. The molecule has 1 heterocycles. The summed E-state index contributed by atoms with van der Waals surface area (Å²) in [6.45, 7) is 2.31. The average Bonchev–Trinajstić information content (AvgIpc) is 2.90. The lowest BCUT2D eigenvalue weighted by Crippen LogP contribution is -2.30. The second kappa shape index (κ2) is 5.25. The summed E-state index contributed by atoms with van der Waals surface area (Å²) in [6.07, 6.45) is 2.95. The number of carbonyl (C=O) groups excluding carboxylic acids is 1. The molecule has 5 heteroatoms. The predicted molar refractivity (Wildman–Crippen MR) is 63.0 cm³/mol. The van der Waals surface area contributed by atoms with Gasteiger partial charge in [0, 0.05) is 6.54 Å². The van der Waals surface area contributed by atoms with Crippen LogP contribution < -0.4 is 5.32 Å². The van der Waals surface area contributed by atoms with Gasteiger partial charge in [0.2, 0.25) is 5.91 Å². The minimum Gasteiger partial charge on any atom is -0.350 e. The molecule has 0 saturated carbocycles. The maximum absolute atomic E-state index is 11.8. The monoisotopic (exact) mass is 230 g/mol. The topological polar surface area (TPSA) is 59.8 Å². The van der Waals surface area contributed by atoms with Crippen molar-refractivity contribution in [1.29, 1.82) is 0 Å². The number of amides is 1. The highest BCUT2D eigenvalue weighted by Crippen LogP contribution is 2.03. The van der Waals surface area contributed by atoms with Gasteiger partial charge >= 0.3 is 0 Å². The van der Waals surface area contributed by atoms with Gasteiger partial charge in [0.05, 0.1) is 0 Å². The van der Waals surface area contributed by atoms with Gasteiger partial charge in [-0.15, -0.1) is 0 Å². The van der Waals surface area contributed by atoms with Crippen molar-refractivity contribution in [1.82, 2.24) is 20.1 Å². The molecule has 0 saturated heterocycles. The number of rotatable bonds is 4. The van der Waals surface area contributed by atoms with Crippen LogP contribution in [0.25, 0.3) is 0 Å². The first-order chi connectivity index (χ1) is 8.27. The standard InChI is InChI=1S/C12H14N4O/c1-10(16-9-13-8-15-16)12(17)14-7-11-5-3-2-4-6-11/h2-6,8-10H,7H2,1H3,(H,14,17). The van der Waals surface area contributed by atoms with Crippen molar-refractivity contribution >= 4 is 5.91 Å². The summed E-state index contributed by atoms with van der Waals surface area (Å²) in [5.41, 5.74) is 1.08. The molecule has 2 rings (SSSR count). The zero-order valence-corrected chi connectivity index (χ0v) is 9.58. The van der Waals surface area contributed by atoms with Crippen LogP contribution in [0.15, 0.2) is 43.0 Å². The van der Waals surface area contributed by atoms with Crippen molar-refractivity contribution in [3.05, 3.63) is 48.5 Å². The van der Waals surface area contributed by atoms with Crippen molar-refractivity contribution in [2.75, 3.05) is 0 Å². The van der Waals surface area contributed by atoms with E-state index in [0.29, 0.717) is 6.54 Å². The second-order valence-electron chi connectivity index (χ2n) is 3.75. The van der Waals surface area contributed by atoms with E-state index in [-0.39, 0.29) is 11.9 Å². The number of hydrogen-bond donors (Lipinski definition) is 1. The highest BCUT2D eigenvalue weighted by Gasteiger charge is 2.14. The Kier molecular flexibility index (Phi) is 3.49. The van der Waals surface area contributed by atoms with Crippen molar-refractivity contribution in [3.8, 4) is 0 Å². The lowest BCUT2D eigenvalue weighted by molar-refractivity contribution is -0.124. The van der Waals surface area contributed by atoms with E-state index in [4.69, 9.17) is 0 Å². The second-order valence-corrected chi connectivity index (χ2v) is 3.75. The largest absolute Gasteiger partial charge is 0.350 e. The minimum absolute atomic E-state index is 0.0700. The Bertz CT molecular complexity index is 467. The number of hydrogen-bond acceptors (Lipinski definition) is 3. The smallest absolute Gasteiger partial charge is 0.244 e. The van der Waals surface area contributed by atoms with Crippen LogP contribution in [0.4, 0.5) is 0 Å². The summed E-state index contributed by atoms with van der Waals surface area (Å²) in [5.74, 6) is -0.0700. The molecule has 1 aromatic carbocycles. The SMILES string of the molecule is CC(C(=O)NCc1ccccc1)n1cncn1. The Hall–Kier alpha value is -2.17. The van der Waals surface area contributed by atoms with E-state index >= 15 is 0 Å². The van der Waals surface area contributed by atoms with Crippen LogP contribution in [0.3, 0.4) is 0 Å². The van der Waals surface area contributed by atoms with E-state index < -0.39 is 0 Å². The van der Waals surface area contributed by atoms with E-state index in [9.17, 15) is 4.79 Å². The van der Waals surface area contributed by atoms with Gasteiger partial charge in [-0.2, -0.15) is 5.10 Å². The molecule has 2 aromatic rings. The van der Waals surface area contributed by atoms with E-state index in [1.807, 2.05) is 30.3 Å². The molecule has 17 heavy (non-hydrogen) atoms. The van der Waals surface area contributed by atoms with Gasteiger partial charge in [0.25, 0.3) is 0 Å². The highest BCUT2D eigenvalue weighted by atomic mass is 16.2. The van der Waals surface area contributed by atoms with Crippen molar-refractivity contribution < 1.29 is 4.79 Å². The number of carbonyl (C=O) groups is 1. The van der Waals surface area contributed by atoms with Gasteiger partial charge in [-0.25, -0.2) is 9.67 Å². The van der Waals surface area contributed by atoms with E-state index in [0.717, 1.165) is 5.56 Å². The van der Waals surface area contributed by atoms with Crippen molar-refractivity contribution in [2.24, 2.45) is 0 Å². The van der Waals surface area contributed by atoms with E-state index in [2.05, 4.69) is 15.4 Å². The summed E-state index contributed by atoms with van der Waals surface area (Å²) >= 11 is 0. The summed E-state index contributed by atoms with van der Waals surface area (Å²) in [7, 11) is 0. The molecular weight excluding hydrogens is 216 g/mol. The predicted octanol–water partition coefficient (Wildman–Crippen LogP) is 1.16. The Labute approximate surface area is 99.5 Å². The Morgan fingerprint density at radius 1 is 1.41 bits per heavy atom. The molecule has 1 atom stereocenters. The molecule has 0 aliphatic rings. The summed E-state index contributed by atoms with van der Waals surface area (Å²) in [4.78, 5) is 15.6. The maximum atomic E-state index is 11.8. The Morgan fingerprint density at radius 3 is 2.82 bits per heavy atom. The Morgan fingerprint density at radius 2 is 2.18 bits per heavy atom. The van der Waals surface area contributed by atoms with Gasteiger partial charge in [0.15, 0.2) is 0 Å².